The second-order valence-electron chi connectivity index (χ2n) is 3.37. The van der Waals surface area contributed by atoms with Crippen LogP contribution in [0.5, 0.6) is 0 Å². The van der Waals surface area contributed by atoms with Crippen molar-refractivity contribution in [2.45, 2.75) is 20.3 Å². The molecule has 0 fully saturated rings. The topological polar surface area (TPSA) is 93.9 Å². The minimum Gasteiger partial charge on any atom is -0.460 e. The highest BCUT2D eigenvalue weighted by Crippen LogP contribution is 2.03. The molecule has 0 saturated carbocycles. The molecule has 0 aliphatic heterocycles. The summed E-state index contributed by atoms with van der Waals surface area (Å²) >= 11 is 0. The number of hydrogen-bond acceptors (Lipinski definition) is 5. The lowest BCUT2D eigenvalue weighted by atomic mass is 10.1. The van der Waals surface area contributed by atoms with Gasteiger partial charge in [-0.3, -0.25) is 5.10 Å². The summed E-state index contributed by atoms with van der Waals surface area (Å²) < 4.78 is 4.76. The van der Waals surface area contributed by atoms with Gasteiger partial charge in [-0.15, -0.1) is 5.10 Å². The molecule has 1 heterocycles. The molecule has 0 spiro atoms. The van der Waals surface area contributed by atoms with Crippen LogP contribution in [0.1, 0.15) is 30.3 Å². The van der Waals surface area contributed by atoms with Crippen molar-refractivity contribution in [3.63, 3.8) is 0 Å². The number of hydrogen-bond donors (Lipinski definition) is 2. The van der Waals surface area contributed by atoms with Crippen LogP contribution in [0.25, 0.3) is 0 Å². The molecule has 1 unspecified atom stereocenters. The summed E-state index contributed by atoms with van der Waals surface area (Å²) in [5, 5.41) is 6.46. The van der Waals surface area contributed by atoms with Gasteiger partial charge in [0, 0.05) is 6.42 Å². The molecular formula is C9H16N4O2. The van der Waals surface area contributed by atoms with Gasteiger partial charge in [0.25, 0.3) is 5.82 Å². The SMILES string of the molecule is CCOC(=O)c1n[nH]c(CC(C)CN)n1. The summed E-state index contributed by atoms with van der Waals surface area (Å²) in [6, 6.07) is 0. The van der Waals surface area contributed by atoms with Crippen LogP contribution in [-0.2, 0) is 11.2 Å². The van der Waals surface area contributed by atoms with Gasteiger partial charge in [-0.05, 0) is 19.4 Å². The second-order valence-corrected chi connectivity index (χ2v) is 3.37. The van der Waals surface area contributed by atoms with Crippen molar-refractivity contribution >= 4 is 5.97 Å². The summed E-state index contributed by atoms with van der Waals surface area (Å²) in [5.74, 6) is 0.556. The van der Waals surface area contributed by atoms with E-state index in [0.29, 0.717) is 31.3 Å². The van der Waals surface area contributed by atoms with Gasteiger partial charge in [-0.2, -0.15) is 0 Å². The van der Waals surface area contributed by atoms with Crippen LogP contribution in [-0.4, -0.2) is 34.3 Å². The van der Waals surface area contributed by atoms with Gasteiger partial charge in [-0.25, -0.2) is 9.78 Å². The van der Waals surface area contributed by atoms with Crippen molar-refractivity contribution in [2.24, 2.45) is 11.7 Å². The van der Waals surface area contributed by atoms with Crippen LogP contribution in [0.3, 0.4) is 0 Å². The number of aromatic nitrogens is 3. The molecular weight excluding hydrogens is 196 g/mol. The standard InChI is InChI=1S/C9H16N4O2/c1-3-15-9(14)8-11-7(12-13-8)4-6(2)5-10/h6H,3-5,10H2,1-2H3,(H,11,12,13). The molecule has 1 rings (SSSR count). The summed E-state index contributed by atoms with van der Waals surface area (Å²) in [7, 11) is 0. The van der Waals surface area contributed by atoms with E-state index in [4.69, 9.17) is 10.5 Å². The first-order valence-electron chi connectivity index (χ1n) is 4.95. The largest absolute Gasteiger partial charge is 0.460 e. The van der Waals surface area contributed by atoms with E-state index in [2.05, 4.69) is 15.2 Å². The quantitative estimate of drug-likeness (QED) is 0.676. The molecule has 0 saturated heterocycles. The summed E-state index contributed by atoms with van der Waals surface area (Å²) in [6.07, 6.45) is 0.683. The predicted molar refractivity (Wildman–Crippen MR) is 54.3 cm³/mol. The summed E-state index contributed by atoms with van der Waals surface area (Å²) in [5.41, 5.74) is 5.48. The number of aromatic amines is 1. The number of nitrogens with zero attached hydrogens (tertiary/aromatic N) is 2. The molecule has 84 valence electrons. The highest BCUT2D eigenvalue weighted by Gasteiger charge is 2.14. The summed E-state index contributed by atoms with van der Waals surface area (Å²) in [4.78, 5) is 15.2. The number of H-pyrrole nitrogens is 1. The van der Waals surface area contributed by atoms with Gasteiger partial charge >= 0.3 is 5.97 Å². The van der Waals surface area contributed by atoms with Crippen LogP contribution >= 0.6 is 0 Å². The molecule has 6 nitrogen and oxygen atoms in total. The zero-order valence-corrected chi connectivity index (χ0v) is 8.99. The minimum absolute atomic E-state index is 0.0797. The Hall–Kier alpha value is -1.43. The molecule has 6 heteroatoms. The third-order valence-electron chi connectivity index (χ3n) is 1.93. The molecule has 0 amide bonds. The molecule has 1 atom stereocenters. The maximum absolute atomic E-state index is 11.2. The lowest BCUT2D eigenvalue weighted by molar-refractivity contribution is 0.0512. The number of ether oxygens (including phenoxy) is 1. The molecule has 0 bridgehead atoms. The van der Waals surface area contributed by atoms with Gasteiger partial charge in [-0.1, -0.05) is 6.92 Å². The first kappa shape index (κ1) is 11.6. The van der Waals surface area contributed by atoms with Crippen LogP contribution in [0.4, 0.5) is 0 Å². The molecule has 3 N–H and O–H groups in total. The number of nitrogens with two attached hydrogens (primary N) is 1. The van der Waals surface area contributed by atoms with E-state index in [0.717, 1.165) is 0 Å². The second kappa shape index (κ2) is 5.45. The highest BCUT2D eigenvalue weighted by atomic mass is 16.5. The predicted octanol–water partition coefficient (Wildman–Crippen LogP) is 0.119. The van der Waals surface area contributed by atoms with Crippen molar-refractivity contribution in [3.05, 3.63) is 11.6 Å². The number of rotatable bonds is 5. The average Bonchev–Trinajstić information content (AvgIpc) is 2.66. The number of carbonyl (C=O) groups excluding carboxylic acids is 1. The summed E-state index contributed by atoms with van der Waals surface area (Å²) in [6.45, 7) is 4.64. The van der Waals surface area contributed by atoms with E-state index in [1.54, 1.807) is 6.92 Å². The Balaban J connectivity index is 2.59. The Morgan fingerprint density at radius 3 is 3.00 bits per heavy atom. The lowest BCUT2D eigenvalue weighted by Crippen LogP contribution is -2.14. The van der Waals surface area contributed by atoms with E-state index in [9.17, 15) is 4.79 Å². The molecule has 0 aliphatic carbocycles. The molecule has 1 aromatic rings. The van der Waals surface area contributed by atoms with Gasteiger partial charge in [0.15, 0.2) is 0 Å². The molecule has 15 heavy (non-hydrogen) atoms. The monoisotopic (exact) mass is 212 g/mol. The van der Waals surface area contributed by atoms with Crippen molar-refractivity contribution in [1.82, 2.24) is 15.2 Å². The Morgan fingerprint density at radius 2 is 2.40 bits per heavy atom. The van der Waals surface area contributed by atoms with E-state index in [1.165, 1.54) is 0 Å². The number of nitrogens with one attached hydrogen (secondary N) is 1. The van der Waals surface area contributed by atoms with Gasteiger partial charge in [0.1, 0.15) is 5.82 Å². The number of carbonyl (C=O) groups is 1. The fourth-order valence-corrected chi connectivity index (χ4v) is 1.09. The zero-order chi connectivity index (χ0) is 11.3. The molecule has 1 aromatic heterocycles. The van der Waals surface area contributed by atoms with Crippen molar-refractivity contribution in [2.75, 3.05) is 13.2 Å². The van der Waals surface area contributed by atoms with E-state index < -0.39 is 5.97 Å². The van der Waals surface area contributed by atoms with Gasteiger partial charge in [0.05, 0.1) is 6.61 Å². The highest BCUT2D eigenvalue weighted by molar-refractivity contribution is 5.84. The third kappa shape index (κ3) is 3.32. The fourth-order valence-electron chi connectivity index (χ4n) is 1.09. The normalized spacial score (nSPS) is 12.5. The zero-order valence-electron chi connectivity index (χ0n) is 8.99. The fraction of sp³-hybridized carbons (Fsp3) is 0.667. The molecule has 0 aliphatic rings. The Morgan fingerprint density at radius 1 is 1.67 bits per heavy atom. The first-order valence-corrected chi connectivity index (χ1v) is 4.95. The smallest absolute Gasteiger partial charge is 0.378 e. The van der Waals surface area contributed by atoms with Crippen LogP contribution in [0.2, 0.25) is 0 Å². The molecule has 0 radical (unpaired) electrons. The van der Waals surface area contributed by atoms with E-state index >= 15 is 0 Å². The third-order valence-corrected chi connectivity index (χ3v) is 1.93. The first-order chi connectivity index (χ1) is 7.17. The van der Waals surface area contributed by atoms with Crippen molar-refractivity contribution < 1.29 is 9.53 Å². The Kier molecular flexibility index (Phi) is 4.23. The van der Waals surface area contributed by atoms with Crippen LogP contribution in [0, 0.1) is 5.92 Å². The van der Waals surface area contributed by atoms with Gasteiger partial charge < -0.3 is 10.5 Å². The van der Waals surface area contributed by atoms with Crippen LogP contribution in [0.15, 0.2) is 0 Å². The molecule has 0 aromatic carbocycles. The van der Waals surface area contributed by atoms with Crippen molar-refractivity contribution in [1.29, 1.82) is 0 Å². The number of esters is 1. The maximum Gasteiger partial charge on any atom is 0.378 e. The van der Waals surface area contributed by atoms with E-state index in [1.807, 2.05) is 6.92 Å². The van der Waals surface area contributed by atoms with E-state index in [-0.39, 0.29) is 5.82 Å². The lowest BCUT2D eigenvalue weighted by Gasteiger charge is -2.03. The minimum atomic E-state index is -0.500. The van der Waals surface area contributed by atoms with Gasteiger partial charge in [0.2, 0.25) is 0 Å². The Labute approximate surface area is 88.2 Å². The van der Waals surface area contributed by atoms with Crippen LogP contribution < -0.4 is 5.73 Å². The average molecular weight is 212 g/mol. The maximum atomic E-state index is 11.2. The Bertz CT molecular complexity index is 324. The van der Waals surface area contributed by atoms with Crippen molar-refractivity contribution in [3.8, 4) is 0 Å².